The molecule has 41 heavy (non-hydrogen) atoms. The summed E-state index contributed by atoms with van der Waals surface area (Å²) >= 11 is 0. The van der Waals surface area contributed by atoms with E-state index in [1.54, 1.807) is 91.8 Å². The Balaban J connectivity index is 0.00000387. The van der Waals surface area contributed by atoms with E-state index in [-0.39, 0.29) is 43.3 Å². The van der Waals surface area contributed by atoms with Crippen molar-refractivity contribution in [3.8, 4) is 0 Å². The molecule has 0 atom stereocenters. The van der Waals surface area contributed by atoms with Crippen LogP contribution in [0.3, 0.4) is 0 Å². The Labute approximate surface area is 253 Å². The normalized spacial score (nSPS) is 17.9. The smallest absolute Gasteiger partial charge is 0.284 e. The van der Waals surface area contributed by atoms with Gasteiger partial charge in [0.2, 0.25) is 0 Å². The van der Waals surface area contributed by atoms with Crippen molar-refractivity contribution >= 4 is 0 Å². The molecule has 7 heteroatoms. The molecule has 0 N–H and O–H groups in total. The van der Waals surface area contributed by atoms with Crippen molar-refractivity contribution in [1.82, 2.24) is 9.97 Å². The van der Waals surface area contributed by atoms with Gasteiger partial charge >= 0.3 is 21.1 Å². The molecule has 2 nitrogen and oxygen atoms in total. The van der Waals surface area contributed by atoms with Gasteiger partial charge in [0.1, 0.15) is 0 Å². The summed E-state index contributed by atoms with van der Waals surface area (Å²) in [6.45, 7) is 14.4. The van der Waals surface area contributed by atoms with Gasteiger partial charge in [-0.1, -0.05) is 67.5 Å². The molecule has 216 valence electrons. The Morgan fingerprint density at radius 2 is 0.683 bits per heavy atom. The van der Waals surface area contributed by atoms with Crippen LogP contribution in [0.1, 0.15) is 100 Å². The molecule has 1 aliphatic heterocycles. The van der Waals surface area contributed by atoms with Crippen LogP contribution in [0.2, 0.25) is 0 Å². The number of pyridine rings is 2. The number of benzene rings is 2. The average molecular weight is 740 g/mol. The molecular formula is C34H32F4N2Pt. The quantitative estimate of drug-likeness (QED) is 0.134. The van der Waals surface area contributed by atoms with Gasteiger partial charge in [-0.15, -0.1) is 34.4 Å². The molecule has 2 aromatic carbocycles. The fraction of sp³-hybridized carbons (Fsp3) is 0.353. The topological polar surface area (TPSA) is 25.8 Å². The summed E-state index contributed by atoms with van der Waals surface area (Å²) in [4.78, 5) is 9.73. The van der Waals surface area contributed by atoms with E-state index in [4.69, 9.17) is 9.97 Å². The fourth-order valence-corrected chi connectivity index (χ4v) is 5.59. The van der Waals surface area contributed by atoms with Gasteiger partial charge in [-0.05, 0) is 24.3 Å². The molecule has 5 rings (SSSR count). The molecule has 0 spiro atoms. The summed E-state index contributed by atoms with van der Waals surface area (Å²) in [5, 5.41) is 0. The second kappa shape index (κ2) is 10.2. The first-order valence-electron chi connectivity index (χ1n) is 13.3. The summed E-state index contributed by atoms with van der Waals surface area (Å²) in [5.41, 5.74) is -1.49. The Bertz CT molecular complexity index is 1430. The van der Waals surface area contributed by atoms with E-state index < -0.39 is 44.9 Å². The minimum atomic E-state index is -1.03. The first kappa shape index (κ1) is 31.1. The van der Waals surface area contributed by atoms with Crippen molar-refractivity contribution in [3.63, 3.8) is 0 Å². The summed E-state index contributed by atoms with van der Waals surface area (Å²) in [7, 11) is 0. The number of hydrogen-bond acceptors (Lipinski definition) is 2. The number of nitrogens with zero attached hydrogens (tertiary/aromatic N) is 2. The standard InChI is InChI=1S/C34H32F4N2.Pt/c1-31(2)19-15-20(24(36)17-23(19)35)32(3,4)29-13-10-14-30(40-29)34(7,8)22-16-21(25(37)18-26(22)38)33(5,6)28-12-9-11-27(31)39-28;/h9-14,17-18H,1-8H3;/q-2;+2. The zero-order chi connectivity index (χ0) is 29.4. The number of fused-ring (bicyclic) bond motifs is 8. The van der Waals surface area contributed by atoms with E-state index in [1.807, 2.05) is 0 Å². The zero-order valence-electron chi connectivity index (χ0n) is 24.3. The number of aromatic nitrogens is 2. The van der Waals surface area contributed by atoms with Crippen LogP contribution in [0.25, 0.3) is 0 Å². The molecule has 0 aliphatic carbocycles. The third-order valence-corrected chi connectivity index (χ3v) is 8.52. The first-order valence-corrected chi connectivity index (χ1v) is 13.3. The van der Waals surface area contributed by atoms with Gasteiger partial charge in [0.25, 0.3) is 0 Å². The van der Waals surface area contributed by atoms with Gasteiger partial charge in [0, 0.05) is 67.7 Å². The predicted molar refractivity (Wildman–Crippen MR) is 147 cm³/mol. The molecule has 0 unspecified atom stereocenters. The average Bonchev–Trinajstić information content (AvgIpc) is 2.87. The number of rotatable bonds is 0. The molecule has 0 saturated carbocycles. The van der Waals surface area contributed by atoms with E-state index in [1.165, 1.54) is 0 Å². The number of hydrogen-bond donors (Lipinski definition) is 0. The van der Waals surface area contributed by atoms with E-state index >= 15 is 17.6 Å². The zero-order valence-corrected chi connectivity index (χ0v) is 26.6. The molecule has 0 radical (unpaired) electrons. The largest absolute Gasteiger partial charge is 2.00 e. The second-order valence-electron chi connectivity index (χ2n) is 12.7. The Morgan fingerprint density at radius 3 is 0.902 bits per heavy atom. The van der Waals surface area contributed by atoms with Crippen molar-refractivity contribution in [2.75, 3.05) is 0 Å². The Kier molecular flexibility index (Phi) is 7.70. The molecule has 8 bridgehead atoms. The van der Waals surface area contributed by atoms with Gasteiger partial charge in [0.15, 0.2) is 0 Å². The van der Waals surface area contributed by atoms with Crippen LogP contribution in [0, 0.1) is 35.4 Å². The van der Waals surface area contributed by atoms with Crippen LogP contribution < -0.4 is 0 Å². The van der Waals surface area contributed by atoms with Crippen LogP contribution >= 0.6 is 0 Å². The van der Waals surface area contributed by atoms with Crippen LogP contribution in [0.4, 0.5) is 17.6 Å². The maximum atomic E-state index is 15.5. The van der Waals surface area contributed by atoms with Crippen molar-refractivity contribution in [3.05, 3.63) is 129 Å². The van der Waals surface area contributed by atoms with E-state index in [2.05, 4.69) is 12.1 Å². The minimum absolute atomic E-state index is 0. The monoisotopic (exact) mass is 739 g/mol. The van der Waals surface area contributed by atoms with Crippen LogP contribution in [-0.4, -0.2) is 9.97 Å². The minimum Gasteiger partial charge on any atom is -0.284 e. The summed E-state index contributed by atoms with van der Waals surface area (Å²) in [6, 6.07) is 18.5. The maximum absolute atomic E-state index is 15.5. The van der Waals surface area contributed by atoms with Crippen LogP contribution in [0.5, 0.6) is 0 Å². The molecule has 3 heterocycles. The van der Waals surface area contributed by atoms with E-state index in [0.717, 1.165) is 12.1 Å². The predicted octanol–water partition coefficient (Wildman–Crippen LogP) is 8.25. The van der Waals surface area contributed by atoms with Crippen molar-refractivity contribution in [2.24, 2.45) is 0 Å². The van der Waals surface area contributed by atoms with E-state index in [0.29, 0.717) is 22.8 Å². The second-order valence-corrected chi connectivity index (χ2v) is 12.7. The summed E-state index contributed by atoms with van der Waals surface area (Å²) in [5.74, 6) is -2.94. The van der Waals surface area contributed by atoms with Crippen LogP contribution in [0.15, 0.2) is 48.5 Å². The molecule has 0 fully saturated rings. The van der Waals surface area contributed by atoms with Gasteiger partial charge in [-0.25, -0.2) is 0 Å². The third-order valence-electron chi connectivity index (χ3n) is 8.52. The van der Waals surface area contributed by atoms with Gasteiger partial charge in [-0.3, -0.25) is 27.5 Å². The summed E-state index contributed by atoms with van der Waals surface area (Å²) in [6.07, 6.45) is 0. The maximum Gasteiger partial charge on any atom is 2.00 e. The molecular weight excluding hydrogens is 707 g/mol. The third kappa shape index (κ3) is 4.86. The van der Waals surface area contributed by atoms with Crippen molar-refractivity contribution in [1.29, 1.82) is 0 Å². The van der Waals surface area contributed by atoms with Gasteiger partial charge in [-0.2, -0.15) is 12.1 Å². The van der Waals surface area contributed by atoms with Gasteiger partial charge in [0.05, 0.1) is 0 Å². The summed E-state index contributed by atoms with van der Waals surface area (Å²) < 4.78 is 61.8. The first-order chi connectivity index (χ1) is 18.5. The van der Waals surface area contributed by atoms with Gasteiger partial charge < -0.3 is 0 Å². The van der Waals surface area contributed by atoms with Crippen molar-refractivity contribution < 1.29 is 38.6 Å². The molecule has 1 aliphatic rings. The molecule has 0 saturated heterocycles. The Morgan fingerprint density at radius 1 is 0.463 bits per heavy atom. The molecule has 4 aromatic rings. The SMILES string of the molecule is CC1(C)c2cccc(n2)C(C)(C)c2[c-]c(c(F)cc2F)C(C)(C)c2cccc(n2)C(C)(C)c2[c-]c1c(F)cc2F.[Pt+2]. The van der Waals surface area contributed by atoms with Crippen molar-refractivity contribution in [2.45, 2.75) is 77.0 Å². The number of halogens is 4. The van der Waals surface area contributed by atoms with Crippen LogP contribution in [-0.2, 0) is 42.7 Å². The fourth-order valence-electron chi connectivity index (χ4n) is 5.59. The Hall–Kier alpha value is -2.85. The molecule has 2 aromatic heterocycles. The molecule has 0 amide bonds. The van der Waals surface area contributed by atoms with E-state index in [9.17, 15) is 0 Å².